The van der Waals surface area contributed by atoms with Gasteiger partial charge in [-0.3, -0.25) is 15.1 Å². The SMILES string of the molecule is CC(CC(=O)NN)N1CC2CC1CO2. The lowest BCUT2D eigenvalue weighted by atomic mass is 10.1. The summed E-state index contributed by atoms with van der Waals surface area (Å²) in [5, 5.41) is 0. The van der Waals surface area contributed by atoms with E-state index in [2.05, 4.69) is 17.2 Å². The lowest BCUT2D eigenvalue weighted by Crippen LogP contribution is -2.45. The van der Waals surface area contributed by atoms with E-state index in [1.165, 1.54) is 0 Å². The molecule has 2 bridgehead atoms. The molecule has 2 saturated heterocycles. The van der Waals surface area contributed by atoms with E-state index in [4.69, 9.17) is 10.6 Å². The summed E-state index contributed by atoms with van der Waals surface area (Å²) in [7, 11) is 0. The molecule has 0 aliphatic carbocycles. The van der Waals surface area contributed by atoms with E-state index in [1.807, 2.05) is 0 Å². The molecule has 14 heavy (non-hydrogen) atoms. The molecule has 3 N–H and O–H groups in total. The van der Waals surface area contributed by atoms with Crippen molar-refractivity contribution < 1.29 is 9.53 Å². The minimum Gasteiger partial charge on any atom is -0.375 e. The summed E-state index contributed by atoms with van der Waals surface area (Å²) < 4.78 is 5.50. The second-order valence-corrected chi connectivity index (χ2v) is 4.16. The van der Waals surface area contributed by atoms with Crippen molar-refractivity contribution in [3.8, 4) is 0 Å². The highest BCUT2D eigenvalue weighted by atomic mass is 16.5. The molecule has 80 valence electrons. The second kappa shape index (κ2) is 3.84. The first-order valence-electron chi connectivity index (χ1n) is 5.07. The lowest BCUT2D eigenvalue weighted by molar-refractivity contribution is -0.122. The molecule has 1 amide bonds. The molecule has 0 radical (unpaired) electrons. The van der Waals surface area contributed by atoms with Crippen LogP contribution < -0.4 is 11.3 Å². The number of nitrogens with two attached hydrogens (primary N) is 1. The van der Waals surface area contributed by atoms with Gasteiger partial charge >= 0.3 is 0 Å². The van der Waals surface area contributed by atoms with Gasteiger partial charge < -0.3 is 4.74 Å². The first-order valence-corrected chi connectivity index (χ1v) is 5.07. The number of carbonyl (C=O) groups is 1. The van der Waals surface area contributed by atoms with E-state index in [0.29, 0.717) is 18.6 Å². The fourth-order valence-corrected chi connectivity index (χ4v) is 2.41. The quantitative estimate of drug-likeness (QED) is 0.356. The third kappa shape index (κ3) is 1.75. The van der Waals surface area contributed by atoms with Crippen LogP contribution in [0.2, 0.25) is 0 Å². The Hall–Kier alpha value is -0.650. The number of hydrogen-bond donors (Lipinski definition) is 2. The third-order valence-electron chi connectivity index (χ3n) is 3.15. The van der Waals surface area contributed by atoms with Crippen LogP contribution in [0.25, 0.3) is 0 Å². The van der Waals surface area contributed by atoms with E-state index >= 15 is 0 Å². The van der Waals surface area contributed by atoms with Crippen molar-refractivity contribution >= 4 is 5.91 Å². The summed E-state index contributed by atoms with van der Waals surface area (Å²) in [4.78, 5) is 13.4. The van der Waals surface area contributed by atoms with Gasteiger partial charge in [0.05, 0.1) is 12.7 Å². The van der Waals surface area contributed by atoms with Gasteiger partial charge in [0.25, 0.3) is 0 Å². The summed E-state index contributed by atoms with van der Waals surface area (Å²) in [6, 6.07) is 0.776. The van der Waals surface area contributed by atoms with Crippen molar-refractivity contribution in [1.29, 1.82) is 0 Å². The first-order chi connectivity index (χ1) is 6.70. The number of ether oxygens (including phenoxy) is 1. The average Bonchev–Trinajstić information content (AvgIpc) is 2.78. The molecule has 0 aromatic heterocycles. The van der Waals surface area contributed by atoms with Crippen molar-refractivity contribution in [2.75, 3.05) is 13.2 Å². The molecular weight excluding hydrogens is 182 g/mol. The van der Waals surface area contributed by atoms with Crippen LogP contribution in [0.1, 0.15) is 19.8 Å². The Bertz CT molecular complexity index is 234. The van der Waals surface area contributed by atoms with Gasteiger partial charge in [0.2, 0.25) is 5.91 Å². The van der Waals surface area contributed by atoms with Crippen LogP contribution in [0.5, 0.6) is 0 Å². The number of morpholine rings is 1. The molecule has 3 unspecified atom stereocenters. The summed E-state index contributed by atoms with van der Waals surface area (Å²) in [5.74, 6) is 4.96. The zero-order valence-electron chi connectivity index (χ0n) is 8.40. The van der Waals surface area contributed by atoms with Crippen LogP contribution in [0, 0.1) is 0 Å². The minimum absolute atomic E-state index is 0.0961. The van der Waals surface area contributed by atoms with Crippen LogP contribution in [-0.4, -0.2) is 42.1 Å². The van der Waals surface area contributed by atoms with Crippen LogP contribution in [-0.2, 0) is 9.53 Å². The molecule has 2 fully saturated rings. The van der Waals surface area contributed by atoms with Crippen molar-refractivity contribution in [3.63, 3.8) is 0 Å². The predicted octanol–water partition coefficient (Wildman–Crippen LogP) is -0.772. The molecule has 2 aliphatic rings. The number of hydrogen-bond acceptors (Lipinski definition) is 4. The second-order valence-electron chi connectivity index (χ2n) is 4.16. The predicted molar refractivity (Wildman–Crippen MR) is 51.3 cm³/mol. The Balaban J connectivity index is 1.86. The number of nitrogens with one attached hydrogen (secondary N) is 1. The van der Waals surface area contributed by atoms with E-state index in [0.717, 1.165) is 19.6 Å². The first kappa shape index (κ1) is 9.89. The molecule has 0 saturated carbocycles. The third-order valence-corrected chi connectivity index (χ3v) is 3.15. The number of fused-ring (bicyclic) bond motifs is 2. The number of carbonyl (C=O) groups excluding carboxylic acids is 1. The monoisotopic (exact) mass is 199 g/mol. The average molecular weight is 199 g/mol. The van der Waals surface area contributed by atoms with Crippen LogP contribution in [0.3, 0.4) is 0 Å². The van der Waals surface area contributed by atoms with Gasteiger partial charge in [0.15, 0.2) is 0 Å². The molecule has 2 aliphatic heterocycles. The van der Waals surface area contributed by atoms with Crippen molar-refractivity contribution in [2.45, 2.75) is 38.0 Å². The Morgan fingerprint density at radius 3 is 3.07 bits per heavy atom. The van der Waals surface area contributed by atoms with Gasteiger partial charge in [-0.1, -0.05) is 0 Å². The van der Waals surface area contributed by atoms with E-state index in [9.17, 15) is 4.79 Å². The highest BCUT2D eigenvalue weighted by Gasteiger charge is 2.41. The summed E-state index contributed by atoms with van der Waals surface area (Å²) in [6.45, 7) is 3.85. The van der Waals surface area contributed by atoms with Crippen LogP contribution in [0.4, 0.5) is 0 Å². The topological polar surface area (TPSA) is 67.6 Å². The Kier molecular flexibility index (Phi) is 2.71. The summed E-state index contributed by atoms with van der Waals surface area (Å²) in [5.41, 5.74) is 2.17. The fourth-order valence-electron chi connectivity index (χ4n) is 2.41. The van der Waals surface area contributed by atoms with Gasteiger partial charge in [-0.25, -0.2) is 5.84 Å². The number of likely N-dealkylation sites (tertiary alicyclic amines) is 1. The standard InChI is InChI=1S/C9H17N3O2/c1-6(2-9(13)11-10)12-4-8-3-7(12)5-14-8/h6-8H,2-5,10H2,1H3,(H,11,13). The molecule has 3 atom stereocenters. The molecule has 0 aromatic rings. The molecule has 2 heterocycles. The maximum Gasteiger partial charge on any atom is 0.235 e. The fraction of sp³-hybridized carbons (Fsp3) is 0.889. The molecule has 2 rings (SSSR count). The minimum atomic E-state index is -0.0961. The maximum absolute atomic E-state index is 11.1. The number of rotatable bonds is 3. The Labute approximate surface area is 83.5 Å². The van der Waals surface area contributed by atoms with Crippen molar-refractivity contribution in [1.82, 2.24) is 10.3 Å². The normalized spacial score (nSPS) is 33.3. The Morgan fingerprint density at radius 1 is 1.79 bits per heavy atom. The van der Waals surface area contributed by atoms with Crippen LogP contribution in [0.15, 0.2) is 0 Å². The van der Waals surface area contributed by atoms with E-state index in [1.54, 1.807) is 0 Å². The molecule has 5 heteroatoms. The highest BCUT2D eigenvalue weighted by molar-refractivity contribution is 5.75. The summed E-state index contributed by atoms with van der Waals surface area (Å²) >= 11 is 0. The zero-order chi connectivity index (χ0) is 10.1. The van der Waals surface area contributed by atoms with Crippen molar-refractivity contribution in [3.05, 3.63) is 0 Å². The summed E-state index contributed by atoms with van der Waals surface area (Å²) in [6.07, 6.45) is 1.98. The van der Waals surface area contributed by atoms with E-state index < -0.39 is 0 Å². The highest BCUT2D eigenvalue weighted by Crippen LogP contribution is 2.29. The number of hydrazine groups is 1. The molecule has 5 nitrogen and oxygen atoms in total. The van der Waals surface area contributed by atoms with Gasteiger partial charge in [0.1, 0.15) is 0 Å². The van der Waals surface area contributed by atoms with Gasteiger partial charge in [0, 0.05) is 25.0 Å². The maximum atomic E-state index is 11.1. The number of nitrogens with zero attached hydrogens (tertiary/aromatic N) is 1. The van der Waals surface area contributed by atoms with Gasteiger partial charge in [-0.15, -0.1) is 0 Å². The molecule has 0 spiro atoms. The van der Waals surface area contributed by atoms with Crippen molar-refractivity contribution in [2.24, 2.45) is 5.84 Å². The van der Waals surface area contributed by atoms with Gasteiger partial charge in [-0.2, -0.15) is 0 Å². The number of amides is 1. The van der Waals surface area contributed by atoms with Gasteiger partial charge in [-0.05, 0) is 13.3 Å². The zero-order valence-corrected chi connectivity index (χ0v) is 8.40. The largest absolute Gasteiger partial charge is 0.375 e. The molecular formula is C9H17N3O2. The Morgan fingerprint density at radius 2 is 2.57 bits per heavy atom. The van der Waals surface area contributed by atoms with Crippen LogP contribution >= 0.6 is 0 Å². The van der Waals surface area contributed by atoms with E-state index in [-0.39, 0.29) is 11.9 Å². The lowest BCUT2D eigenvalue weighted by Gasteiger charge is -2.31. The molecule has 0 aromatic carbocycles. The smallest absolute Gasteiger partial charge is 0.235 e.